The summed E-state index contributed by atoms with van der Waals surface area (Å²) in [4.78, 5) is 0. The molecule has 0 aromatic heterocycles. The standard InChI is InChI=1S/C10H22N2O2S.ClH/c1-9-7-11-5-6-12(9)15(13,14)8-10(2,3)4;/h9,11H,5-8H2,1-4H3;1H. The molecule has 0 amide bonds. The second kappa shape index (κ2) is 5.67. The lowest BCUT2D eigenvalue weighted by atomic mass is 10.0. The van der Waals surface area contributed by atoms with Crippen molar-refractivity contribution in [2.24, 2.45) is 5.41 Å². The topological polar surface area (TPSA) is 49.4 Å². The molecule has 0 radical (unpaired) electrons. The van der Waals surface area contributed by atoms with Crippen LogP contribution in [0.1, 0.15) is 27.7 Å². The smallest absolute Gasteiger partial charge is 0.214 e. The van der Waals surface area contributed by atoms with E-state index in [1.807, 2.05) is 27.7 Å². The van der Waals surface area contributed by atoms with Gasteiger partial charge in [0.05, 0.1) is 5.75 Å². The highest BCUT2D eigenvalue weighted by Gasteiger charge is 2.32. The SMILES string of the molecule is CC1CNCCN1S(=O)(=O)CC(C)(C)C.Cl. The molecule has 1 unspecified atom stereocenters. The predicted octanol–water partition coefficient (Wildman–Crippen LogP) is 1.08. The van der Waals surface area contributed by atoms with Gasteiger partial charge in [-0.25, -0.2) is 8.42 Å². The van der Waals surface area contributed by atoms with Crippen molar-refractivity contribution >= 4 is 22.4 Å². The van der Waals surface area contributed by atoms with Gasteiger partial charge < -0.3 is 5.32 Å². The van der Waals surface area contributed by atoms with E-state index in [4.69, 9.17) is 0 Å². The third kappa shape index (κ3) is 4.57. The molecule has 0 saturated carbocycles. The maximum atomic E-state index is 12.1. The summed E-state index contributed by atoms with van der Waals surface area (Å²) in [6.07, 6.45) is 0. The number of hydrogen-bond acceptors (Lipinski definition) is 3. The van der Waals surface area contributed by atoms with E-state index in [-0.39, 0.29) is 29.6 Å². The molecule has 4 nitrogen and oxygen atoms in total. The van der Waals surface area contributed by atoms with Gasteiger partial charge in [0.25, 0.3) is 0 Å². The van der Waals surface area contributed by atoms with Crippen LogP contribution in [0, 0.1) is 5.41 Å². The number of sulfonamides is 1. The zero-order chi connectivity index (χ0) is 11.7. The lowest BCUT2D eigenvalue weighted by molar-refractivity contribution is 0.279. The fraction of sp³-hybridized carbons (Fsp3) is 1.00. The highest BCUT2D eigenvalue weighted by Crippen LogP contribution is 2.20. The van der Waals surface area contributed by atoms with Crippen LogP contribution in [0.5, 0.6) is 0 Å². The van der Waals surface area contributed by atoms with Gasteiger partial charge in [-0.2, -0.15) is 4.31 Å². The van der Waals surface area contributed by atoms with Crippen LogP contribution in [0.4, 0.5) is 0 Å². The quantitative estimate of drug-likeness (QED) is 0.817. The minimum Gasteiger partial charge on any atom is -0.314 e. The van der Waals surface area contributed by atoms with Gasteiger partial charge in [-0.3, -0.25) is 0 Å². The average molecular weight is 271 g/mol. The van der Waals surface area contributed by atoms with Gasteiger partial charge in [0, 0.05) is 25.7 Å². The van der Waals surface area contributed by atoms with E-state index in [2.05, 4.69) is 5.32 Å². The van der Waals surface area contributed by atoms with E-state index in [0.717, 1.165) is 13.1 Å². The molecule has 98 valence electrons. The summed E-state index contributed by atoms with van der Waals surface area (Å²) in [5, 5.41) is 3.19. The van der Waals surface area contributed by atoms with Gasteiger partial charge in [-0.15, -0.1) is 12.4 Å². The molecule has 0 aromatic carbocycles. The van der Waals surface area contributed by atoms with Crippen molar-refractivity contribution in [3.05, 3.63) is 0 Å². The molecule has 1 fully saturated rings. The summed E-state index contributed by atoms with van der Waals surface area (Å²) in [6, 6.07) is 0.0751. The van der Waals surface area contributed by atoms with Crippen LogP contribution >= 0.6 is 12.4 Å². The Kier molecular flexibility index (Phi) is 5.72. The molecule has 0 spiro atoms. The van der Waals surface area contributed by atoms with Crippen molar-refractivity contribution in [3.63, 3.8) is 0 Å². The van der Waals surface area contributed by atoms with Crippen molar-refractivity contribution in [2.45, 2.75) is 33.7 Å². The first-order valence-electron chi connectivity index (χ1n) is 5.43. The zero-order valence-electron chi connectivity index (χ0n) is 10.5. The highest BCUT2D eigenvalue weighted by atomic mass is 35.5. The van der Waals surface area contributed by atoms with Gasteiger partial charge in [0.15, 0.2) is 0 Å². The second-order valence-electron chi connectivity index (χ2n) is 5.48. The monoisotopic (exact) mass is 270 g/mol. The number of hydrogen-bond donors (Lipinski definition) is 1. The Morgan fingerprint density at radius 2 is 1.94 bits per heavy atom. The van der Waals surface area contributed by atoms with Crippen LogP contribution in [0.3, 0.4) is 0 Å². The first-order chi connectivity index (χ1) is 6.72. The van der Waals surface area contributed by atoms with Crippen LogP contribution in [0.2, 0.25) is 0 Å². The van der Waals surface area contributed by atoms with Crippen molar-refractivity contribution in [2.75, 3.05) is 25.4 Å². The van der Waals surface area contributed by atoms with Gasteiger partial charge >= 0.3 is 0 Å². The highest BCUT2D eigenvalue weighted by molar-refractivity contribution is 7.89. The normalized spacial score (nSPS) is 23.9. The van der Waals surface area contributed by atoms with Crippen LogP contribution in [0.15, 0.2) is 0 Å². The molecular weight excluding hydrogens is 248 g/mol. The van der Waals surface area contributed by atoms with E-state index >= 15 is 0 Å². The van der Waals surface area contributed by atoms with Crippen molar-refractivity contribution in [1.29, 1.82) is 0 Å². The minimum atomic E-state index is -3.10. The molecule has 1 atom stereocenters. The number of piperazine rings is 1. The van der Waals surface area contributed by atoms with Gasteiger partial charge in [-0.05, 0) is 12.3 Å². The molecule has 6 heteroatoms. The largest absolute Gasteiger partial charge is 0.314 e. The van der Waals surface area contributed by atoms with Gasteiger partial charge in [0.1, 0.15) is 0 Å². The predicted molar refractivity (Wildman–Crippen MR) is 69.5 cm³/mol. The molecule has 1 N–H and O–H groups in total. The van der Waals surface area contributed by atoms with E-state index in [0.29, 0.717) is 6.54 Å². The van der Waals surface area contributed by atoms with Crippen molar-refractivity contribution in [3.8, 4) is 0 Å². The van der Waals surface area contributed by atoms with Crippen LogP contribution in [0.25, 0.3) is 0 Å². The molecule has 1 saturated heterocycles. The second-order valence-corrected chi connectivity index (χ2v) is 7.40. The lowest BCUT2D eigenvalue weighted by Gasteiger charge is -2.34. The Balaban J connectivity index is 0.00000225. The maximum Gasteiger partial charge on any atom is 0.214 e. The van der Waals surface area contributed by atoms with Crippen LogP contribution in [-0.2, 0) is 10.0 Å². The molecular formula is C10H23ClN2O2S. The Bertz CT molecular complexity index is 311. The lowest BCUT2D eigenvalue weighted by Crippen LogP contribution is -2.53. The van der Waals surface area contributed by atoms with Gasteiger partial charge in [-0.1, -0.05) is 20.8 Å². The van der Waals surface area contributed by atoms with Crippen molar-refractivity contribution < 1.29 is 8.42 Å². The Morgan fingerprint density at radius 3 is 2.38 bits per heavy atom. The molecule has 0 aromatic rings. The maximum absolute atomic E-state index is 12.1. The number of nitrogens with zero attached hydrogens (tertiary/aromatic N) is 1. The summed E-state index contributed by atoms with van der Waals surface area (Å²) in [7, 11) is -3.10. The summed E-state index contributed by atoms with van der Waals surface area (Å²) >= 11 is 0. The number of rotatable bonds is 2. The fourth-order valence-corrected chi connectivity index (χ4v) is 4.12. The first kappa shape index (κ1) is 16.2. The molecule has 0 bridgehead atoms. The molecule has 1 rings (SSSR count). The first-order valence-corrected chi connectivity index (χ1v) is 7.03. The summed E-state index contributed by atoms with van der Waals surface area (Å²) in [6.45, 7) is 9.93. The van der Waals surface area contributed by atoms with E-state index in [1.165, 1.54) is 0 Å². The number of halogens is 1. The Morgan fingerprint density at radius 1 is 1.38 bits per heavy atom. The summed E-state index contributed by atoms with van der Waals surface area (Å²) in [5.74, 6) is 0.227. The Labute approximate surface area is 105 Å². The molecule has 1 heterocycles. The molecule has 1 aliphatic rings. The third-order valence-electron chi connectivity index (χ3n) is 2.41. The Hall–Kier alpha value is 0.160. The van der Waals surface area contributed by atoms with Crippen LogP contribution in [-0.4, -0.2) is 44.2 Å². The molecule has 16 heavy (non-hydrogen) atoms. The van der Waals surface area contributed by atoms with E-state index in [1.54, 1.807) is 4.31 Å². The zero-order valence-corrected chi connectivity index (χ0v) is 12.1. The van der Waals surface area contributed by atoms with E-state index in [9.17, 15) is 8.42 Å². The fourth-order valence-electron chi connectivity index (χ4n) is 1.87. The van der Waals surface area contributed by atoms with Crippen LogP contribution < -0.4 is 5.32 Å². The molecule has 1 aliphatic heterocycles. The minimum absolute atomic E-state index is 0. The van der Waals surface area contributed by atoms with Gasteiger partial charge in [0.2, 0.25) is 10.0 Å². The third-order valence-corrected chi connectivity index (χ3v) is 4.90. The number of nitrogens with one attached hydrogen (secondary N) is 1. The molecule has 0 aliphatic carbocycles. The van der Waals surface area contributed by atoms with E-state index < -0.39 is 10.0 Å². The average Bonchev–Trinajstić information content (AvgIpc) is 1.99. The van der Waals surface area contributed by atoms with Crippen molar-refractivity contribution in [1.82, 2.24) is 9.62 Å². The summed E-state index contributed by atoms with van der Waals surface area (Å²) in [5.41, 5.74) is -0.177. The summed E-state index contributed by atoms with van der Waals surface area (Å²) < 4.78 is 25.9.